The first-order valence-electron chi connectivity index (χ1n) is 7.36. The summed E-state index contributed by atoms with van der Waals surface area (Å²) in [6.45, 7) is 2.61. The van der Waals surface area contributed by atoms with Crippen molar-refractivity contribution in [2.24, 2.45) is 0 Å². The number of nitrogens with zero attached hydrogens (tertiary/aromatic N) is 2. The molecular formula is C17H18N2O3S. The Morgan fingerprint density at radius 1 is 1.39 bits per heavy atom. The van der Waals surface area contributed by atoms with Gasteiger partial charge in [-0.2, -0.15) is 0 Å². The molecular weight excluding hydrogens is 312 g/mol. The van der Waals surface area contributed by atoms with E-state index in [0.29, 0.717) is 11.4 Å². The van der Waals surface area contributed by atoms with Gasteiger partial charge in [-0.15, -0.1) is 11.8 Å². The largest absolute Gasteiger partial charge is 0.481 e. The van der Waals surface area contributed by atoms with Crippen LogP contribution in [0.2, 0.25) is 0 Å². The molecule has 2 aromatic rings. The molecule has 0 aliphatic carbocycles. The van der Waals surface area contributed by atoms with Crippen molar-refractivity contribution in [3.05, 3.63) is 53.2 Å². The van der Waals surface area contributed by atoms with E-state index in [0.717, 1.165) is 31.0 Å². The number of aromatic nitrogens is 1. The predicted octanol–water partition coefficient (Wildman–Crippen LogP) is 2.90. The summed E-state index contributed by atoms with van der Waals surface area (Å²) in [6, 6.07) is 9.08. The van der Waals surface area contributed by atoms with Crippen LogP contribution in [0.3, 0.4) is 0 Å². The maximum absolute atomic E-state index is 10.9. The number of hydrogen-bond acceptors (Lipinski definition) is 5. The van der Waals surface area contributed by atoms with Crippen molar-refractivity contribution in [1.82, 2.24) is 9.88 Å². The molecule has 0 amide bonds. The number of hydrogen-bond donors (Lipinski definition) is 1. The van der Waals surface area contributed by atoms with Crippen molar-refractivity contribution in [3.63, 3.8) is 0 Å². The van der Waals surface area contributed by atoms with E-state index in [2.05, 4.69) is 9.88 Å². The lowest BCUT2D eigenvalue weighted by atomic mass is 10.1. The Morgan fingerprint density at radius 3 is 2.87 bits per heavy atom. The number of carboxylic acids is 1. The highest BCUT2D eigenvalue weighted by Crippen LogP contribution is 2.29. The van der Waals surface area contributed by atoms with Crippen LogP contribution in [-0.2, 0) is 13.1 Å². The standard InChI is InChI=1S/C17H18N2O3S/c1-22-16-8-14-11-19(6-7-23-15(14)9-18-16)10-12-2-4-13(5-3-12)17(20)21/h2-5,8-9H,6-7,10-11H2,1H3,(H,20,21). The lowest BCUT2D eigenvalue weighted by Crippen LogP contribution is -2.24. The maximum atomic E-state index is 10.9. The van der Waals surface area contributed by atoms with Crippen LogP contribution >= 0.6 is 11.8 Å². The number of carboxylic acid groups (broad SMARTS) is 1. The van der Waals surface area contributed by atoms with Gasteiger partial charge in [-0.25, -0.2) is 9.78 Å². The first-order valence-corrected chi connectivity index (χ1v) is 8.34. The predicted molar refractivity (Wildman–Crippen MR) is 89.0 cm³/mol. The summed E-state index contributed by atoms with van der Waals surface area (Å²) in [6.07, 6.45) is 1.88. The number of carbonyl (C=O) groups is 1. The summed E-state index contributed by atoms with van der Waals surface area (Å²) in [5.74, 6) is 0.752. The van der Waals surface area contributed by atoms with Crippen molar-refractivity contribution < 1.29 is 14.6 Å². The van der Waals surface area contributed by atoms with Crippen LogP contribution < -0.4 is 4.74 Å². The van der Waals surface area contributed by atoms with Crippen LogP contribution in [0.1, 0.15) is 21.5 Å². The normalized spacial score (nSPS) is 14.8. The Labute approximate surface area is 139 Å². The summed E-state index contributed by atoms with van der Waals surface area (Å²) in [7, 11) is 1.63. The van der Waals surface area contributed by atoms with Gasteiger partial charge in [0, 0.05) is 42.5 Å². The Bertz CT molecular complexity index is 703. The molecule has 1 aromatic carbocycles. The van der Waals surface area contributed by atoms with Gasteiger partial charge in [-0.3, -0.25) is 4.90 Å². The number of thioether (sulfide) groups is 1. The summed E-state index contributed by atoms with van der Waals surface area (Å²) in [5.41, 5.74) is 2.66. The molecule has 0 spiro atoms. The molecule has 5 nitrogen and oxygen atoms in total. The second-order valence-electron chi connectivity index (χ2n) is 5.40. The van der Waals surface area contributed by atoms with Crippen molar-refractivity contribution >= 4 is 17.7 Å². The third-order valence-corrected chi connectivity index (χ3v) is 4.86. The van der Waals surface area contributed by atoms with Crippen LogP contribution in [0, 0.1) is 0 Å². The average molecular weight is 330 g/mol. The number of fused-ring (bicyclic) bond motifs is 1. The molecule has 1 aromatic heterocycles. The zero-order chi connectivity index (χ0) is 16.2. The lowest BCUT2D eigenvalue weighted by Gasteiger charge is -2.20. The topological polar surface area (TPSA) is 62.7 Å². The Hall–Kier alpha value is -2.05. The first kappa shape index (κ1) is 15.8. The number of rotatable bonds is 4. The van der Waals surface area contributed by atoms with Gasteiger partial charge in [0.15, 0.2) is 0 Å². The fourth-order valence-corrected chi connectivity index (χ4v) is 3.58. The molecule has 0 atom stereocenters. The minimum absolute atomic E-state index is 0.321. The van der Waals surface area contributed by atoms with Crippen LogP contribution in [0.4, 0.5) is 0 Å². The molecule has 120 valence electrons. The van der Waals surface area contributed by atoms with E-state index in [1.165, 1.54) is 10.5 Å². The van der Waals surface area contributed by atoms with Crippen LogP contribution in [0.15, 0.2) is 41.4 Å². The number of aromatic carboxylic acids is 1. The van der Waals surface area contributed by atoms with Gasteiger partial charge in [0.2, 0.25) is 5.88 Å². The van der Waals surface area contributed by atoms with Gasteiger partial charge in [0.25, 0.3) is 0 Å². The Kier molecular flexibility index (Phi) is 4.83. The Balaban J connectivity index is 1.74. The molecule has 6 heteroatoms. The summed E-state index contributed by atoms with van der Waals surface area (Å²) < 4.78 is 5.22. The quantitative estimate of drug-likeness (QED) is 0.930. The van der Waals surface area contributed by atoms with Crippen LogP contribution in [0.5, 0.6) is 5.88 Å². The highest BCUT2D eigenvalue weighted by Gasteiger charge is 2.16. The minimum atomic E-state index is -0.892. The second kappa shape index (κ2) is 7.02. The third-order valence-electron chi connectivity index (χ3n) is 3.80. The maximum Gasteiger partial charge on any atom is 0.335 e. The van der Waals surface area contributed by atoms with Crippen LogP contribution in [0.25, 0.3) is 0 Å². The summed E-state index contributed by atoms with van der Waals surface area (Å²) in [5, 5.41) is 8.96. The molecule has 0 unspecified atom stereocenters. The van der Waals surface area contributed by atoms with E-state index in [9.17, 15) is 4.79 Å². The summed E-state index contributed by atoms with van der Waals surface area (Å²) in [4.78, 5) is 18.7. The molecule has 0 radical (unpaired) electrons. The first-order chi connectivity index (χ1) is 11.2. The SMILES string of the molecule is COc1cc2c(cn1)SCCN(Cc1ccc(C(=O)O)cc1)C2. The van der Waals surface area contributed by atoms with E-state index in [4.69, 9.17) is 9.84 Å². The zero-order valence-electron chi connectivity index (χ0n) is 12.9. The molecule has 0 saturated heterocycles. The van der Waals surface area contributed by atoms with E-state index in [1.54, 1.807) is 19.2 Å². The van der Waals surface area contributed by atoms with Gasteiger partial charge in [0.05, 0.1) is 12.7 Å². The number of pyridine rings is 1. The molecule has 23 heavy (non-hydrogen) atoms. The number of ether oxygens (including phenoxy) is 1. The average Bonchev–Trinajstić information content (AvgIpc) is 2.76. The smallest absolute Gasteiger partial charge is 0.335 e. The monoisotopic (exact) mass is 330 g/mol. The fraction of sp³-hybridized carbons (Fsp3) is 0.294. The number of benzene rings is 1. The van der Waals surface area contributed by atoms with Crippen molar-refractivity contribution in [1.29, 1.82) is 0 Å². The highest BCUT2D eigenvalue weighted by molar-refractivity contribution is 7.99. The molecule has 2 heterocycles. The third kappa shape index (κ3) is 3.83. The van der Waals surface area contributed by atoms with Gasteiger partial charge >= 0.3 is 5.97 Å². The van der Waals surface area contributed by atoms with E-state index in [1.807, 2.05) is 36.2 Å². The minimum Gasteiger partial charge on any atom is -0.481 e. The second-order valence-corrected chi connectivity index (χ2v) is 6.53. The molecule has 0 fully saturated rings. The van der Waals surface area contributed by atoms with Crippen molar-refractivity contribution in [2.75, 3.05) is 19.4 Å². The Morgan fingerprint density at radius 2 is 2.17 bits per heavy atom. The van der Waals surface area contributed by atoms with E-state index >= 15 is 0 Å². The van der Waals surface area contributed by atoms with Gasteiger partial charge in [-0.1, -0.05) is 12.1 Å². The van der Waals surface area contributed by atoms with Crippen molar-refractivity contribution in [2.45, 2.75) is 18.0 Å². The summed E-state index contributed by atoms with van der Waals surface area (Å²) >= 11 is 1.81. The molecule has 1 aliphatic heterocycles. The lowest BCUT2D eigenvalue weighted by molar-refractivity contribution is 0.0697. The molecule has 3 rings (SSSR count). The van der Waals surface area contributed by atoms with Gasteiger partial charge < -0.3 is 9.84 Å². The molecule has 0 bridgehead atoms. The van der Waals surface area contributed by atoms with Gasteiger partial charge in [0.1, 0.15) is 0 Å². The molecule has 1 N–H and O–H groups in total. The van der Waals surface area contributed by atoms with E-state index < -0.39 is 5.97 Å². The van der Waals surface area contributed by atoms with Crippen LogP contribution in [-0.4, -0.2) is 40.4 Å². The van der Waals surface area contributed by atoms with E-state index in [-0.39, 0.29) is 0 Å². The van der Waals surface area contributed by atoms with Gasteiger partial charge in [-0.05, 0) is 23.3 Å². The fourth-order valence-electron chi connectivity index (χ4n) is 2.58. The molecule has 0 saturated carbocycles. The number of methoxy groups -OCH3 is 1. The molecule has 1 aliphatic rings. The zero-order valence-corrected chi connectivity index (χ0v) is 13.7. The van der Waals surface area contributed by atoms with Crippen molar-refractivity contribution in [3.8, 4) is 5.88 Å². The highest BCUT2D eigenvalue weighted by atomic mass is 32.2.